The van der Waals surface area contributed by atoms with E-state index in [0.717, 1.165) is 16.7 Å². The number of halogens is 2. The average molecular weight is 292 g/mol. The number of fused-ring (bicyclic) bond motifs is 1. The highest BCUT2D eigenvalue weighted by Gasteiger charge is 2.14. The van der Waals surface area contributed by atoms with E-state index in [4.69, 9.17) is 4.42 Å². The maximum absolute atomic E-state index is 13.7. The van der Waals surface area contributed by atoms with Gasteiger partial charge in [-0.2, -0.15) is 0 Å². The third-order valence-corrected chi connectivity index (χ3v) is 3.22. The first-order valence-corrected chi connectivity index (χ1v) is 6.13. The molecule has 2 heterocycles. The summed E-state index contributed by atoms with van der Waals surface area (Å²) in [6, 6.07) is 3.49. The minimum atomic E-state index is -0.750. The van der Waals surface area contributed by atoms with Gasteiger partial charge < -0.3 is 8.98 Å². The summed E-state index contributed by atoms with van der Waals surface area (Å²) in [5.41, 5.74) is -0.153. The number of nitrogens with zero attached hydrogens (tertiary/aromatic N) is 1. The lowest BCUT2D eigenvalue weighted by molar-refractivity contribution is 0.540. The number of oxazole rings is 1. The van der Waals surface area contributed by atoms with Gasteiger partial charge in [-0.3, -0.25) is 9.78 Å². The number of aromatic amines is 1. The monoisotopic (exact) mass is 292 g/mol. The lowest BCUT2D eigenvalue weighted by atomic mass is 10.2. The van der Waals surface area contributed by atoms with E-state index in [2.05, 4.69) is 4.98 Å². The van der Waals surface area contributed by atoms with E-state index in [9.17, 15) is 18.4 Å². The number of rotatable bonds is 2. The third-order valence-electron chi connectivity index (χ3n) is 3.22. The van der Waals surface area contributed by atoms with Crippen LogP contribution in [0.2, 0.25) is 0 Å². The van der Waals surface area contributed by atoms with Gasteiger partial charge in [0, 0.05) is 17.3 Å². The van der Waals surface area contributed by atoms with E-state index >= 15 is 0 Å². The first kappa shape index (κ1) is 13.3. The molecule has 5 nitrogen and oxygen atoms in total. The molecule has 0 unspecified atom stereocenters. The van der Waals surface area contributed by atoms with Crippen molar-refractivity contribution in [1.82, 2.24) is 9.55 Å². The Morgan fingerprint density at radius 2 is 1.90 bits per heavy atom. The average Bonchev–Trinajstić information content (AvgIpc) is 2.82. The zero-order valence-corrected chi connectivity index (χ0v) is 10.9. The number of benzene rings is 1. The van der Waals surface area contributed by atoms with Crippen LogP contribution < -0.4 is 11.3 Å². The summed E-state index contributed by atoms with van der Waals surface area (Å²) in [5.74, 6) is -2.22. The molecule has 108 valence electrons. The molecule has 3 rings (SSSR count). The molecule has 1 N–H and O–H groups in total. The highest BCUT2D eigenvalue weighted by molar-refractivity contribution is 5.74. The summed E-state index contributed by atoms with van der Waals surface area (Å²) in [7, 11) is 0. The molecule has 2 aromatic heterocycles. The van der Waals surface area contributed by atoms with Crippen LogP contribution in [0.3, 0.4) is 0 Å². The Morgan fingerprint density at radius 3 is 2.57 bits per heavy atom. The van der Waals surface area contributed by atoms with Crippen LogP contribution in [0.4, 0.5) is 8.78 Å². The fraction of sp³-hybridized carbons (Fsp3) is 0.143. The van der Waals surface area contributed by atoms with Crippen LogP contribution >= 0.6 is 0 Å². The van der Waals surface area contributed by atoms with E-state index in [-0.39, 0.29) is 23.2 Å². The number of H-pyrrole nitrogens is 1. The van der Waals surface area contributed by atoms with Crippen molar-refractivity contribution in [2.75, 3.05) is 0 Å². The minimum absolute atomic E-state index is 0.0169. The minimum Gasteiger partial charge on any atom is -0.407 e. The second-order valence-electron chi connectivity index (χ2n) is 4.66. The van der Waals surface area contributed by atoms with E-state index < -0.39 is 22.9 Å². The van der Waals surface area contributed by atoms with Crippen LogP contribution in [0.1, 0.15) is 11.1 Å². The van der Waals surface area contributed by atoms with Crippen molar-refractivity contribution in [1.29, 1.82) is 0 Å². The van der Waals surface area contributed by atoms with Gasteiger partial charge in [0.05, 0.1) is 6.54 Å². The van der Waals surface area contributed by atoms with Crippen LogP contribution in [-0.4, -0.2) is 9.55 Å². The van der Waals surface area contributed by atoms with Crippen molar-refractivity contribution in [3.05, 3.63) is 68.1 Å². The van der Waals surface area contributed by atoms with Gasteiger partial charge in [-0.1, -0.05) is 6.07 Å². The highest BCUT2D eigenvalue weighted by Crippen LogP contribution is 2.15. The number of hydrogen-bond donors (Lipinski definition) is 1. The molecular weight excluding hydrogens is 282 g/mol. The fourth-order valence-electron chi connectivity index (χ4n) is 2.22. The number of nitrogens with one attached hydrogen (secondary N) is 1. The summed E-state index contributed by atoms with van der Waals surface area (Å²) in [6.45, 7) is 1.36. The van der Waals surface area contributed by atoms with Crippen molar-refractivity contribution in [3.8, 4) is 0 Å². The third kappa shape index (κ3) is 2.16. The van der Waals surface area contributed by atoms with Crippen LogP contribution in [0, 0.1) is 18.6 Å². The number of pyridine rings is 1. The number of hydrogen-bond acceptors (Lipinski definition) is 3. The van der Waals surface area contributed by atoms with E-state index in [1.165, 1.54) is 12.3 Å². The molecule has 0 aliphatic rings. The Labute approximate surface area is 116 Å². The predicted molar refractivity (Wildman–Crippen MR) is 71.3 cm³/mol. The molecule has 3 aromatic rings. The molecule has 0 atom stereocenters. The topological polar surface area (TPSA) is 68.0 Å². The van der Waals surface area contributed by atoms with Crippen LogP contribution in [0.5, 0.6) is 0 Å². The smallest absolute Gasteiger partial charge is 0.407 e. The molecule has 1 aromatic carbocycles. The molecule has 7 heteroatoms. The molecule has 0 radical (unpaired) electrons. The first-order valence-electron chi connectivity index (χ1n) is 6.13. The standard InChI is InChI=1S/C14H10F2N2O3/c1-7-5-18(6-8-9(15)3-2-4-10(8)16)13(19)11-12(7)21-14(20)17-11/h2-5H,6H2,1H3,(H,17,20). The highest BCUT2D eigenvalue weighted by atomic mass is 19.1. The molecule has 21 heavy (non-hydrogen) atoms. The molecule has 0 amide bonds. The van der Waals surface area contributed by atoms with Crippen molar-refractivity contribution >= 4 is 11.1 Å². The van der Waals surface area contributed by atoms with Crippen molar-refractivity contribution in [3.63, 3.8) is 0 Å². The summed E-state index contributed by atoms with van der Waals surface area (Å²) in [5, 5.41) is 0. The van der Waals surface area contributed by atoms with Crippen LogP contribution in [0.25, 0.3) is 11.1 Å². The van der Waals surface area contributed by atoms with Gasteiger partial charge in [0.15, 0.2) is 11.1 Å². The Kier molecular flexibility index (Phi) is 2.97. The predicted octanol–water partition coefficient (Wildman–Crippen LogP) is 1.92. The van der Waals surface area contributed by atoms with Gasteiger partial charge in [0.25, 0.3) is 5.56 Å². The molecule has 0 aliphatic carbocycles. The second kappa shape index (κ2) is 4.69. The zero-order valence-electron chi connectivity index (χ0n) is 10.9. The summed E-state index contributed by atoms with van der Waals surface area (Å²) in [4.78, 5) is 25.7. The Bertz CT molecular complexity index is 933. The summed E-state index contributed by atoms with van der Waals surface area (Å²) in [6.07, 6.45) is 1.40. The van der Waals surface area contributed by atoms with E-state index in [1.54, 1.807) is 6.92 Å². The van der Waals surface area contributed by atoms with Crippen LogP contribution in [-0.2, 0) is 6.54 Å². The second-order valence-corrected chi connectivity index (χ2v) is 4.66. The lowest BCUT2D eigenvalue weighted by Crippen LogP contribution is -2.22. The maximum atomic E-state index is 13.7. The van der Waals surface area contributed by atoms with Gasteiger partial charge >= 0.3 is 5.76 Å². The summed E-state index contributed by atoms with van der Waals surface area (Å²) < 4.78 is 33.3. The number of aryl methyl sites for hydroxylation is 1. The Hall–Kier alpha value is -2.70. The normalized spacial score (nSPS) is 11.2. The quantitative estimate of drug-likeness (QED) is 0.784. The molecule has 0 bridgehead atoms. The Morgan fingerprint density at radius 1 is 1.24 bits per heavy atom. The van der Waals surface area contributed by atoms with E-state index in [0.29, 0.717) is 5.56 Å². The summed E-state index contributed by atoms with van der Waals surface area (Å²) >= 11 is 0. The van der Waals surface area contributed by atoms with Gasteiger partial charge in [0.2, 0.25) is 0 Å². The van der Waals surface area contributed by atoms with Crippen molar-refractivity contribution in [2.24, 2.45) is 0 Å². The maximum Gasteiger partial charge on any atom is 0.417 e. The SMILES string of the molecule is Cc1cn(Cc2c(F)cccc2F)c(=O)c2[nH]c(=O)oc12. The van der Waals surface area contributed by atoms with Gasteiger partial charge in [0.1, 0.15) is 11.6 Å². The van der Waals surface area contributed by atoms with Gasteiger partial charge in [-0.15, -0.1) is 0 Å². The molecule has 0 aliphatic heterocycles. The molecule has 0 saturated heterocycles. The molecule has 0 spiro atoms. The Balaban J connectivity index is 2.20. The molecule has 0 fully saturated rings. The lowest BCUT2D eigenvalue weighted by Gasteiger charge is -2.09. The van der Waals surface area contributed by atoms with E-state index in [1.807, 2.05) is 0 Å². The fourth-order valence-corrected chi connectivity index (χ4v) is 2.22. The molecule has 0 saturated carbocycles. The number of aromatic nitrogens is 2. The van der Waals surface area contributed by atoms with Crippen molar-refractivity contribution in [2.45, 2.75) is 13.5 Å². The first-order chi connectivity index (χ1) is 9.97. The van der Waals surface area contributed by atoms with Crippen LogP contribution in [0.15, 0.2) is 38.4 Å². The molecular formula is C14H10F2N2O3. The van der Waals surface area contributed by atoms with Gasteiger partial charge in [-0.25, -0.2) is 13.6 Å². The largest absolute Gasteiger partial charge is 0.417 e. The van der Waals surface area contributed by atoms with Gasteiger partial charge in [-0.05, 0) is 19.1 Å². The van der Waals surface area contributed by atoms with Crippen molar-refractivity contribution < 1.29 is 13.2 Å². The zero-order chi connectivity index (χ0) is 15.1.